The van der Waals surface area contributed by atoms with Gasteiger partial charge >= 0.3 is 0 Å². The molecule has 0 N–H and O–H groups in total. The number of hydrogen-bond acceptors (Lipinski definition) is 4. The van der Waals surface area contributed by atoms with Gasteiger partial charge in [0.2, 0.25) is 0 Å². The first kappa shape index (κ1) is 25.1. The van der Waals surface area contributed by atoms with Crippen LogP contribution in [0.5, 0.6) is 5.75 Å². The molecule has 3 unspecified atom stereocenters. The van der Waals surface area contributed by atoms with Crippen LogP contribution in [0.15, 0.2) is 47.5 Å². The van der Waals surface area contributed by atoms with E-state index in [1.54, 1.807) is 0 Å². The molecule has 2 aromatic rings. The number of hydrogen-bond donors (Lipinski definition) is 0. The molecule has 4 heteroatoms. The van der Waals surface area contributed by atoms with E-state index in [-0.39, 0.29) is 35.1 Å². The third-order valence-electron chi connectivity index (χ3n) is 7.80. The SMILES string of the molecule is CCOc1cccc(-c2ccc(C)c3c2CC(CC2CC(C)=C(C(C)=O)C(=O)C2CC)CC3=O)c1. The highest BCUT2D eigenvalue weighted by atomic mass is 16.5. The third kappa shape index (κ3) is 4.89. The Morgan fingerprint density at radius 3 is 2.49 bits per heavy atom. The van der Waals surface area contributed by atoms with E-state index in [0.29, 0.717) is 18.6 Å². The van der Waals surface area contributed by atoms with Crippen LogP contribution in [-0.2, 0) is 16.0 Å². The molecule has 0 amide bonds. The number of allylic oxidation sites excluding steroid dienone is 2. The molecule has 0 saturated heterocycles. The van der Waals surface area contributed by atoms with Gasteiger partial charge in [-0.25, -0.2) is 0 Å². The maximum absolute atomic E-state index is 13.4. The summed E-state index contributed by atoms with van der Waals surface area (Å²) in [6.45, 7) is 10.0. The Balaban J connectivity index is 1.66. The van der Waals surface area contributed by atoms with Crippen molar-refractivity contribution >= 4 is 17.3 Å². The van der Waals surface area contributed by atoms with Crippen molar-refractivity contribution in [2.24, 2.45) is 17.8 Å². The average molecular weight is 473 g/mol. The zero-order valence-corrected chi connectivity index (χ0v) is 21.6. The van der Waals surface area contributed by atoms with Crippen LogP contribution < -0.4 is 4.74 Å². The predicted octanol–water partition coefficient (Wildman–Crippen LogP) is 6.72. The van der Waals surface area contributed by atoms with Gasteiger partial charge in [0.15, 0.2) is 17.3 Å². The number of fused-ring (bicyclic) bond motifs is 1. The molecule has 35 heavy (non-hydrogen) atoms. The molecule has 0 spiro atoms. The van der Waals surface area contributed by atoms with E-state index >= 15 is 0 Å². The molecule has 3 atom stereocenters. The highest BCUT2D eigenvalue weighted by molar-refractivity contribution is 6.21. The Kier molecular flexibility index (Phi) is 7.39. The van der Waals surface area contributed by atoms with Gasteiger partial charge in [0.1, 0.15) is 5.75 Å². The van der Waals surface area contributed by atoms with Crippen molar-refractivity contribution in [2.45, 2.75) is 66.7 Å². The number of rotatable bonds is 7. The molecular formula is C31H36O4. The summed E-state index contributed by atoms with van der Waals surface area (Å²) in [6, 6.07) is 12.2. The molecule has 0 bridgehead atoms. The van der Waals surface area contributed by atoms with Crippen molar-refractivity contribution in [3.8, 4) is 16.9 Å². The number of aryl methyl sites for hydroxylation is 1. The van der Waals surface area contributed by atoms with Crippen LogP contribution in [0.3, 0.4) is 0 Å². The summed E-state index contributed by atoms with van der Waals surface area (Å²) in [5.41, 5.74) is 6.47. The number of ether oxygens (including phenoxy) is 1. The molecule has 2 aromatic carbocycles. The molecule has 184 valence electrons. The second-order valence-corrected chi connectivity index (χ2v) is 10.2. The fraction of sp³-hybridized carbons (Fsp3) is 0.452. The van der Waals surface area contributed by atoms with Gasteiger partial charge in [-0.05, 0) is 99.6 Å². The molecular weight excluding hydrogens is 436 g/mol. The van der Waals surface area contributed by atoms with Crippen LogP contribution in [-0.4, -0.2) is 24.0 Å². The van der Waals surface area contributed by atoms with Crippen LogP contribution in [0.2, 0.25) is 0 Å². The molecule has 0 heterocycles. The van der Waals surface area contributed by atoms with Crippen LogP contribution >= 0.6 is 0 Å². The van der Waals surface area contributed by atoms with Crippen molar-refractivity contribution in [2.75, 3.05) is 6.61 Å². The maximum atomic E-state index is 13.4. The first-order valence-electron chi connectivity index (χ1n) is 12.9. The lowest BCUT2D eigenvalue weighted by Gasteiger charge is -2.35. The van der Waals surface area contributed by atoms with E-state index in [1.165, 1.54) is 6.92 Å². The monoisotopic (exact) mass is 472 g/mol. The summed E-state index contributed by atoms with van der Waals surface area (Å²) in [5.74, 6) is 1.11. The zero-order valence-electron chi connectivity index (χ0n) is 21.6. The lowest BCUT2D eigenvalue weighted by Crippen LogP contribution is -2.35. The summed E-state index contributed by atoms with van der Waals surface area (Å²) >= 11 is 0. The average Bonchev–Trinajstić information content (AvgIpc) is 2.79. The minimum atomic E-state index is -0.144. The highest BCUT2D eigenvalue weighted by Crippen LogP contribution is 2.42. The number of carbonyl (C=O) groups excluding carboxylic acids is 3. The van der Waals surface area contributed by atoms with E-state index in [4.69, 9.17) is 4.74 Å². The summed E-state index contributed by atoms with van der Waals surface area (Å²) in [7, 11) is 0. The van der Waals surface area contributed by atoms with Crippen molar-refractivity contribution in [1.82, 2.24) is 0 Å². The Morgan fingerprint density at radius 1 is 1.03 bits per heavy atom. The van der Waals surface area contributed by atoms with E-state index in [0.717, 1.165) is 64.8 Å². The molecule has 0 saturated carbocycles. The number of ketones is 3. The molecule has 0 aliphatic heterocycles. The zero-order chi connectivity index (χ0) is 25.3. The fourth-order valence-corrected chi connectivity index (χ4v) is 6.36. The number of benzene rings is 2. The predicted molar refractivity (Wildman–Crippen MR) is 139 cm³/mol. The summed E-state index contributed by atoms with van der Waals surface area (Å²) in [6.07, 6.45) is 3.64. The molecule has 2 aliphatic rings. The van der Waals surface area contributed by atoms with Crippen molar-refractivity contribution in [1.29, 1.82) is 0 Å². The second-order valence-electron chi connectivity index (χ2n) is 10.2. The molecule has 0 fully saturated rings. The van der Waals surface area contributed by atoms with E-state index < -0.39 is 0 Å². The Morgan fingerprint density at radius 2 is 1.80 bits per heavy atom. The quantitative estimate of drug-likeness (QED) is 0.420. The smallest absolute Gasteiger partial charge is 0.169 e. The normalized spacial score (nSPS) is 22.3. The molecule has 4 nitrogen and oxygen atoms in total. The van der Waals surface area contributed by atoms with Gasteiger partial charge in [-0.1, -0.05) is 36.8 Å². The molecule has 4 rings (SSSR count). The summed E-state index contributed by atoms with van der Waals surface area (Å²) in [5, 5.41) is 0. The highest BCUT2D eigenvalue weighted by Gasteiger charge is 2.39. The maximum Gasteiger partial charge on any atom is 0.169 e. The van der Waals surface area contributed by atoms with Crippen molar-refractivity contribution in [3.63, 3.8) is 0 Å². The summed E-state index contributed by atoms with van der Waals surface area (Å²) in [4.78, 5) is 38.6. The van der Waals surface area contributed by atoms with Crippen molar-refractivity contribution < 1.29 is 19.1 Å². The Hall–Kier alpha value is -3.01. The van der Waals surface area contributed by atoms with Gasteiger partial charge in [-0.3, -0.25) is 14.4 Å². The van der Waals surface area contributed by atoms with Crippen LogP contribution in [0.4, 0.5) is 0 Å². The third-order valence-corrected chi connectivity index (χ3v) is 7.80. The lowest BCUT2D eigenvalue weighted by atomic mass is 9.67. The van der Waals surface area contributed by atoms with Crippen LogP contribution in [0.25, 0.3) is 11.1 Å². The lowest BCUT2D eigenvalue weighted by molar-refractivity contribution is -0.125. The van der Waals surface area contributed by atoms with Crippen LogP contribution in [0, 0.1) is 24.7 Å². The Labute approximate surface area is 208 Å². The van der Waals surface area contributed by atoms with Crippen molar-refractivity contribution in [3.05, 3.63) is 64.2 Å². The summed E-state index contributed by atoms with van der Waals surface area (Å²) < 4.78 is 5.72. The van der Waals surface area contributed by atoms with E-state index in [1.807, 2.05) is 52.0 Å². The Bertz CT molecular complexity index is 1200. The largest absolute Gasteiger partial charge is 0.494 e. The first-order valence-corrected chi connectivity index (χ1v) is 12.9. The van der Waals surface area contributed by atoms with Gasteiger partial charge in [-0.2, -0.15) is 0 Å². The first-order chi connectivity index (χ1) is 16.7. The standard InChI is InChI=1S/C31H36O4/c1-6-25-23(13-19(4)29(20(5)32)31(25)34)14-21-15-27-26(12-11-18(3)30(27)28(33)16-21)22-9-8-10-24(17-22)35-7-2/h8-12,17,21,23,25H,6-7,13-16H2,1-5H3. The second kappa shape index (κ2) is 10.3. The minimum absolute atomic E-state index is 0.000517. The number of Topliss-reactive ketones (excluding diaryl/α,β-unsaturated/α-hetero) is 3. The van der Waals surface area contributed by atoms with Gasteiger partial charge in [-0.15, -0.1) is 0 Å². The molecule has 0 aromatic heterocycles. The van der Waals surface area contributed by atoms with E-state index in [2.05, 4.69) is 12.1 Å². The van der Waals surface area contributed by atoms with Gasteiger partial charge in [0.05, 0.1) is 12.2 Å². The topological polar surface area (TPSA) is 60.4 Å². The van der Waals surface area contributed by atoms with Gasteiger partial charge < -0.3 is 4.74 Å². The van der Waals surface area contributed by atoms with E-state index in [9.17, 15) is 14.4 Å². The number of carbonyl (C=O) groups is 3. The molecule has 2 aliphatic carbocycles. The van der Waals surface area contributed by atoms with Gasteiger partial charge in [0.25, 0.3) is 0 Å². The van der Waals surface area contributed by atoms with Crippen LogP contribution in [0.1, 0.15) is 74.9 Å². The molecule has 0 radical (unpaired) electrons. The van der Waals surface area contributed by atoms with Gasteiger partial charge in [0, 0.05) is 17.9 Å². The minimum Gasteiger partial charge on any atom is -0.494 e. The fourth-order valence-electron chi connectivity index (χ4n) is 6.36.